The van der Waals surface area contributed by atoms with Crippen LogP contribution in [0.3, 0.4) is 0 Å². The number of hydrogen-bond acceptors (Lipinski definition) is 1. The molecule has 0 aromatic heterocycles. The lowest BCUT2D eigenvalue weighted by atomic mass is 9.53. The molecule has 0 spiro atoms. The van der Waals surface area contributed by atoms with Crippen LogP contribution in [0.1, 0.15) is 44.1 Å². The van der Waals surface area contributed by atoms with E-state index in [1.54, 1.807) is 30.4 Å². The number of amides is 1. The molecular formula is C19H21Cl2NO. The van der Waals surface area contributed by atoms with Crippen molar-refractivity contribution in [3.8, 4) is 0 Å². The summed E-state index contributed by atoms with van der Waals surface area (Å²) in [6.07, 6.45) is 10.9. The normalized spacial score (nSPS) is 35.0. The van der Waals surface area contributed by atoms with Crippen molar-refractivity contribution in [3.63, 3.8) is 0 Å². The number of benzene rings is 1. The van der Waals surface area contributed by atoms with Gasteiger partial charge in [0.2, 0.25) is 5.91 Å². The molecule has 0 saturated heterocycles. The van der Waals surface area contributed by atoms with Crippen LogP contribution in [0.25, 0.3) is 6.08 Å². The molecule has 2 nitrogen and oxygen atoms in total. The van der Waals surface area contributed by atoms with Gasteiger partial charge in [-0.2, -0.15) is 0 Å². The lowest BCUT2D eigenvalue weighted by Gasteiger charge is -2.56. The van der Waals surface area contributed by atoms with Gasteiger partial charge in [-0.25, -0.2) is 0 Å². The van der Waals surface area contributed by atoms with Crippen LogP contribution in [0, 0.1) is 17.8 Å². The van der Waals surface area contributed by atoms with Gasteiger partial charge in [-0.1, -0.05) is 29.3 Å². The second-order valence-corrected chi connectivity index (χ2v) is 8.47. The summed E-state index contributed by atoms with van der Waals surface area (Å²) in [5.41, 5.74) is 0.747. The van der Waals surface area contributed by atoms with Crippen LogP contribution in [0.15, 0.2) is 24.3 Å². The predicted octanol–water partition coefficient (Wildman–Crippen LogP) is 5.09. The van der Waals surface area contributed by atoms with Gasteiger partial charge in [0.1, 0.15) is 0 Å². The zero-order chi connectivity index (χ0) is 16.0. The van der Waals surface area contributed by atoms with Crippen molar-refractivity contribution in [3.05, 3.63) is 39.9 Å². The van der Waals surface area contributed by atoms with Crippen molar-refractivity contribution in [2.24, 2.45) is 17.8 Å². The number of rotatable bonds is 3. The molecule has 23 heavy (non-hydrogen) atoms. The van der Waals surface area contributed by atoms with E-state index in [-0.39, 0.29) is 11.4 Å². The average molecular weight is 350 g/mol. The van der Waals surface area contributed by atoms with Gasteiger partial charge in [0.25, 0.3) is 0 Å². The highest BCUT2D eigenvalue weighted by atomic mass is 35.5. The molecule has 4 fully saturated rings. The van der Waals surface area contributed by atoms with E-state index in [2.05, 4.69) is 5.32 Å². The zero-order valence-corrected chi connectivity index (χ0v) is 14.5. The fraction of sp³-hybridized carbons (Fsp3) is 0.526. The molecule has 4 aliphatic rings. The van der Waals surface area contributed by atoms with Crippen LogP contribution in [-0.4, -0.2) is 11.4 Å². The lowest BCUT2D eigenvalue weighted by molar-refractivity contribution is -0.122. The Bertz CT molecular complexity index is 612. The van der Waals surface area contributed by atoms with Gasteiger partial charge in [-0.3, -0.25) is 4.79 Å². The van der Waals surface area contributed by atoms with Gasteiger partial charge in [-0.15, -0.1) is 0 Å². The van der Waals surface area contributed by atoms with E-state index >= 15 is 0 Å². The van der Waals surface area contributed by atoms with E-state index in [9.17, 15) is 4.79 Å². The molecule has 0 aliphatic heterocycles. The van der Waals surface area contributed by atoms with Gasteiger partial charge < -0.3 is 5.32 Å². The maximum atomic E-state index is 12.4. The number of nitrogens with one attached hydrogen (secondary N) is 1. The Morgan fingerprint density at radius 1 is 1.04 bits per heavy atom. The summed E-state index contributed by atoms with van der Waals surface area (Å²) in [5, 5.41) is 4.45. The van der Waals surface area contributed by atoms with E-state index in [4.69, 9.17) is 23.2 Å². The molecule has 4 bridgehead atoms. The van der Waals surface area contributed by atoms with Gasteiger partial charge >= 0.3 is 0 Å². The molecule has 4 saturated carbocycles. The summed E-state index contributed by atoms with van der Waals surface area (Å²) in [4.78, 5) is 12.4. The molecule has 0 unspecified atom stereocenters. The number of carbonyl (C=O) groups is 1. The van der Waals surface area contributed by atoms with Gasteiger partial charge in [0.15, 0.2) is 0 Å². The van der Waals surface area contributed by atoms with Crippen LogP contribution < -0.4 is 5.32 Å². The first-order chi connectivity index (χ1) is 11.0. The minimum atomic E-state index is -0.0251. The third-order valence-electron chi connectivity index (χ3n) is 5.83. The molecule has 0 radical (unpaired) electrons. The summed E-state index contributed by atoms with van der Waals surface area (Å²) in [5.74, 6) is 2.44. The Kier molecular flexibility index (Phi) is 3.93. The van der Waals surface area contributed by atoms with Crippen molar-refractivity contribution in [1.82, 2.24) is 5.32 Å². The summed E-state index contributed by atoms with van der Waals surface area (Å²) >= 11 is 12.3. The molecule has 1 N–H and O–H groups in total. The maximum Gasteiger partial charge on any atom is 0.244 e. The van der Waals surface area contributed by atoms with Crippen molar-refractivity contribution in [2.75, 3.05) is 0 Å². The molecular weight excluding hydrogens is 329 g/mol. The van der Waals surface area contributed by atoms with Gasteiger partial charge in [-0.05, 0) is 74.5 Å². The van der Waals surface area contributed by atoms with Crippen LogP contribution in [0.4, 0.5) is 0 Å². The Balaban J connectivity index is 1.47. The van der Waals surface area contributed by atoms with Crippen molar-refractivity contribution in [1.29, 1.82) is 0 Å². The van der Waals surface area contributed by atoms with Crippen LogP contribution in [-0.2, 0) is 4.79 Å². The summed E-state index contributed by atoms with van der Waals surface area (Å²) < 4.78 is 0. The van der Waals surface area contributed by atoms with E-state index in [1.165, 1.54) is 19.3 Å². The molecule has 4 heteroatoms. The minimum Gasteiger partial charge on any atom is -0.347 e. The van der Waals surface area contributed by atoms with E-state index in [0.29, 0.717) is 15.6 Å². The average Bonchev–Trinajstić information content (AvgIpc) is 2.44. The van der Waals surface area contributed by atoms with Crippen molar-refractivity contribution in [2.45, 2.75) is 44.1 Å². The van der Waals surface area contributed by atoms with Crippen LogP contribution in [0.5, 0.6) is 0 Å². The maximum absolute atomic E-state index is 12.4. The fourth-order valence-electron chi connectivity index (χ4n) is 5.40. The molecule has 1 amide bonds. The van der Waals surface area contributed by atoms with Crippen LogP contribution >= 0.6 is 23.2 Å². The fourth-order valence-corrected chi connectivity index (χ4v) is 5.92. The SMILES string of the molecule is O=C(C=Cc1c(Cl)cccc1Cl)NC12CC3CC(CC(C3)C1)C2. The van der Waals surface area contributed by atoms with E-state index < -0.39 is 0 Å². The first-order valence-corrected chi connectivity index (χ1v) is 9.23. The topological polar surface area (TPSA) is 29.1 Å². The minimum absolute atomic E-state index is 0.0251. The zero-order valence-electron chi connectivity index (χ0n) is 13.0. The van der Waals surface area contributed by atoms with Gasteiger partial charge in [0.05, 0.1) is 0 Å². The highest BCUT2D eigenvalue weighted by Gasteiger charge is 2.51. The Labute approximate surface area is 147 Å². The lowest BCUT2D eigenvalue weighted by Crippen LogP contribution is -2.59. The van der Waals surface area contributed by atoms with Crippen molar-refractivity contribution < 1.29 is 4.79 Å². The van der Waals surface area contributed by atoms with E-state index in [0.717, 1.165) is 37.0 Å². The van der Waals surface area contributed by atoms with Crippen LogP contribution in [0.2, 0.25) is 10.0 Å². The largest absolute Gasteiger partial charge is 0.347 e. The van der Waals surface area contributed by atoms with Gasteiger partial charge in [0, 0.05) is 27.2 Å². The standard InChI is InChI=1S/C19H21Cl2NO/c20-16-2-1-3-17(21)15(16)4-5-18(23)22-19-9-12-6-13(10-19)8-14(7-12)11-19/h1-5,12-14H,6-11H2,(H,22,23). The molecule has 5 rings (SSSR count). The monoisotopic (exact) mass is 349 g/mol. The molecule has 1 aromatic rings. The Morgan fingerprint density at radius 2 is 1.57 bits per heavy atom. The first kappa shape index (κ1) is 15.5. The quantitative estimate of drug-likeness (QED) is 0.756. The highest BCUT2D eigenvalue weighted by molar-refractivity contribution is 6.37. The second kappa shape index (κ2) is 5.82. The Morgan fingerprint density at radius 3 is 2.09 bits per heavy atom. The third-order valence-corrected chi connectivity index (χ3v) is 6.49. The summed E-state index contributed by atoms with van der Waals surface area (Å²) in [6.45, 7) is 0. The first-order valence-electron chi connectivity index (χ1n) is 8.47. The molecule has 1 aromatic carbocycles. The van der Waals surface area contributed by atoms with Crippen molar-refractivity contribution >= 4 is 35.2 Å². The molecule has 0 atom stereocenters. The van der Waals surface area contributed by atoms with E-state index in [1.807, 2.05) is 0 Å². The third kappa shape index (κ3) is 3.04. The number of halogens is 2. The number of carbonyl (C=O) groups excluding carboxylic acids is 1. The Hall–Kier alpha value is -0.990. The molecule has 0 heterocycles. The molecule has 4 aliphatic carbocycles. The second-order valence-electron chi connectivity index (χ2n) is 7.66. The molecule has 122 valence electrons. The number of hydrogen-bond donors (Lipinski definition) is 1. The predicted molar refractivity (Wildman–Crippen MR) is 94.5 cm³/mol. The summed E-state index contributed by atoms with van der Waals surface area (Å²) in [7, 11) is 0. The smallest absolute Gasteiger partial charge is 0.244 e. The summed E-state index contributed by atoms with van der Waals surface area (Å²) in [6, 6.07) is 5.37. The highest BCUT2D eigenvalue weighted by Crippen LogP contribution is 2.55.